The van der Waals surface area contributed by atoms with Crippen molar-refractivity contribution in [2.24, 2.45) is 5.92 Å². The number of halogens is 3. The molecule has 0 aliphatic carbocycles. The first kappa shape index (κ1) is 20.2. The summed E-state index contributed by atoms with van der Waals surface area (Å²) in [6.07, 6.45) is -2.81. The highest BCUT2D eigenvalue weighted by Crippen LogP contribution is 2.30. The summed E-state index contributed by atoms with van der Waals surface area (Å²) in [4.78, 5) is 14.0. The second-order valence-corrected chi connectivity index (χ2v) is 6.94. The maximum absolute atomic E-state index is 12.8. The van der Waals surface area contributed by atoms with Crippen LogP contribution in [0.15, 0.2) is 54.6 Å². The molecule has 0 unspecified atom stereocenters. The topological polar surface area (TPSA) is 41.6 Å². The van der Waals surface area contributed by atoms with Crippen LogP contribution in [0.3, 0.4) is 0 Å². The highest BCUT2D eigenvalue weighted by atomic mass is 19.4. The molecule has 0 spiro atoms. The number of amides is 2. The Morgan fingerprint density at radius 1 is 1.07 bits per heavy atom. The third kappa shape index (κ3) is 5.73. The molecule has 7 heteroatoms. The molecule has 1 aliphatic rings. The zero-order valence-electron chi connectivity index (χ0n) is 15.4. The van der Waals surface area contributed by atoms with Gasteiger partial charge in [-0.25, -0.2) is 4.79 Å². The van der Waals surface area contributed by atoms with Gasteiger partial charge >= 0.3 is 12.2 Å². The van der Waals surface area contributed by atoms with Gasteiger partial charge in [0.15, 0.2) is 0 Å². The van der Waals surface area contributed by atoms with E-state index in [1.807, 2.05) is 30.3 Å². The van der Waals surface area contributed by atoms with Crippen LogP contribution in [0.25, 0.3) is 0 Å². The van der Waals surface area contributed by atoms with E-state index in [-0.39, 0.29) is 11.7 Å². The first-order valence-electron chi connectivity index (χ1n) is 9.26. The number of likely N-dealkylation sites (tertiary alicyclic amines) is 1. The Hall–Kier alpha value is -2.54. The predicted octanol–water partition coefficient (Wildman–Crippen LogP) is 5.17. The van der Waals surface area contributed by atoms with Gasteiger partial charge in [-0.3, -0.25) is 0 Å². The maximum atomic E-state index is 12.8. The summed E-state index contributed by atoms with van der Waals surface area (Å²) in [7, 11) is 0. The number of anilines is 1. The SMILES string of the molecule is O=C(Nc1cccc(C(F)(F)F)c1)N1CCC(COCc2ccccc2)CC1. The number of nitrogens with one attached hydrogen (secondary N) is 1. The molecular formula is C21H23F3N2O2. The van der Waals surface area contributed by atoms with Crippen LogP contribution in [0.5, 0.6) is 0 Å². The normalized spacial score (nSPS) is 15.5. The van der Waals surface area contributed by atoms with E-state index in [2.05, 4.69) is 5.32 Å². The van der Waals surface area contributed by atoms with Gasteiger partial charge in [0.2, 0.25) is 0 Å². The third-order valence-electron chi connectivity index (χ3n) is 4.81. The lowest BCUT2D eigenvalue weighted by atomic mass is 9.98. The summed E-state index contributed by atoms with van der Waals surface area (Å²) in [5.74, 6) is 0.376. The minimum absolute atomic E-state index is 0.146. The fourth-order valence-electron chi connectivity index (χ4n) is 3.20. The van der Waals surface area contributed by atoms with Gasteiger partial charge in [-0.05, 0) is 42.5 Å². The van der Waals surface area contributed by atoms with E-state index >= 15 is 0 Å². The standard InChI is InChI=1S/C21H23F3N2O2/c22-21(23,24)18-7-4-8-19(13-18)25-20(27)26-11-9-17(10-12-26)15-28-14-16-5-2-1-3-6-16/h1-8,13,17H,9-12,14-15H2,(H,25,27). The van der Waals surface area contributed by atoms with Crippen LogP contribution in [0.4, 0.5) is 23.7 Å². The van der Waals surface area contributed by atoms with Gasteiger partial charge < -0.3 is 15.0 Å². The number of benzene rings is 2. The summed E-state index contributed by atoms with van der Waals surface area (Å²) in [6, 6.07) is 14.2. The van der Waals surface area contributed by atoms with E-state index in [0.29, 0.717) is 32.2 Å². The predicted molar refractivity (Wildman–Crippen MR) is 101 cm³/mol. The molecule has 0 saturated carbocycles. The first-order valence-corrected chi connectivity index (χ1v) is 9.26. The molecule has 2 amide bonds. The second-order valence-electron chi connectivity index (χ2n) is 6.94. The van der Waals surface area contributed by atoms with E-state index in [4.69, 9.17) is 4.74 Å². The fraction of sp³-hybridized carbons (Fsp3) is 0.381. The van der Waals surface area contributed by atoms with E-state index in [9.17, 15) is 18.0 Å². The second kappa shape index (κ2) is 9.10. The van der Waals surface area contributed by atoms with Gasteiger partial charge in [0, 0.05) is 25.4 Å². The van der Waals surface area contributed by atoms with Crippen LogP contribution in [0, 0.1) is 5.92 Å². The Labute approximate surface area is 162 Å². The number of rotatable bonds is 5. The third-order valence-corrected chi connectivity index (χ3v) is 4.81. The summed E-state index contributed by atoms with van der Waals surface area (Å²) >= 11 is 0. The largest absolute Gasteiger partial charge is 0.416 e. The Bertz CT molecular complexity index is 773. The van der Waals surface area contributed by atoms with Gasteiger partial charge in [-0.15, -0.1) is 0 Å². The molecule has 2 aromatic rings. The van der Waals surface area contributed by atoms with E-state index < -0.39 is 11.7 Å². The Morgan fingerprint density at radius 2 is 1.79 bits per heavy atom. The highest BCUT2D eigenvalue weighted by Gasteiger charge is 2.30. The monoisotopic (exact) mass is 392 g/mol. The van der Waals surface area contributed by atoms with Gasteiger partial charge in [-0.2, -0.15) is 13.2 Å². The van der Waals surface area contributed by atoms with Crippen molar-refractivity contribution in [1.29, 1.82) is 0 Å². The van der Waals surface area contributed by atoms with Gasteiger partial charge in [0.25, 0.3) is 0 Å². The molecule has 0 bridgehead atoms. The lowest BCUT2D eigenvalue weighted by Gasteiger charge is -2.32. The van der Waals surface area contributed by atoms with E-state index in [0.717, 1.165) is 30.5 Å². The number of carbonyl (C=O) groups excluding carboxylic acids is 1. The van der Waals surface area contributed by atoms with Crippen molar-refractivity contribution in [3.63, 3.8) is 0 Å². The molecule has 0 radical (unpaired) electrons. The minimum Gasteiger partial charge on any atom is -0.376 e. The molecule has 1 saturated heterocycles. The molecule has 0 aromatic heterocycles. The number of carbonyl (C=O) groups is 1. The number of alkyl halides is 3. The van der Waals surface area contributed by atoms with Crippen molar-refractivity contribution in [2.45, 2.75) is 25.6 Å². The molecule has 1 aliphatic heterocycles. The van der Waals surface area contributed by atoms with Crippen molar-refractivity contribution < 1.29 is 22.7 Å². The molecule has 4 nitrogen and oxygen atoms in total. The van der Waals surface area contributed by atoms with Crippen molar-refractivity contribution >= 4 is 11.7 Å². The lowest BCUT2D eigenvalue weighted by Crippen LogP contribution is -2.41. The minimum atomic E-state index is -4.43. The van der Waals surface area contributed by atoms with Crippen LogP contribution < -0.4 is 5.32 Å². The zero-order valence-corrected chi connectivity index (χ0v) is 15.4. The van der Waals surface area contributed by atoms with Crippen molar-refractivity contribution in [3.8, 4) is 0 Å². The van der Waals surface area contributed by atoms with Crippen LogP contribution in [-0.2, 0) is 17.5 Å². The maximum Gasteiger partial charge on any atom is 0.416 e. The summed E-state index contributed by atoms with van der Waals surface area (Å²) < 4.78 is 44.1. The Balaban J connectivity index is 1.42. The van der Waals surface area contributed by atoms with E-state index in [1.54, 1.807) is 4.90 Å². The first-order chi connectivity index (χ1) is 13.4. The van der Waals surface area contributed by atoms with Gasteiger partial charge in [0.05, 0.1) is 12.2 Å². The van der Waals surface area contributed by atoms with Crippen molar-refractivity contribution in [3.05, 3.63) is 65.7 Å². The van der Waals surface area contributed by atoms with Crippen LogP contribution in [-0.4, -0.2) is 30.6 Å². The molecule has 3 rings (SSSR count). The smallest absolute Gasteiger partial charge is 0.376 e. The Morgan fingerprint density at radius 3 is 2.46 bits per heavy atom. The molecular weight excluding hydrogens is 369 g/mol. The molecule has 1 heterocycles. The average molecular weight is 392 g/mol. The summed E-state index contributed by atoms with van der Waals surface area (Å²) in [5.41, 5.74) is 0.494. The number of hydrogen-bond donors (Lipinski definition) is 1. The molecule has 150 valence electrons. The van der Waals surface area contributed by atoms with Crippen molar-refractivity contribution in [1.82, 2.24) is 4.90 Å². The molecule has 1 N–H and O–H groups in total. The number of nitrogens with zero attached hydrogens (tertiary/aromatic N) is 1. The lowest BCUT2D eigenvalue weighted by molar-refractivity contribution is -0.137. The molecule has 1 fully saturated rings. The fourth-order valence-corrected chi connectivity index (χ4v) is 3.20. The Kier molecular flexibility index (Phi) is 6.57. The van der Waals surface area contributed by atoms with Gasteiger partial charge in [0.1, 0.15) is 0 Å². The highest BCUT2D eigenvalue weighted by molar-refractivity contribution is 5.89. The average Bonchev–Trinajstić information content (AvgIpc) is 2.69. The quantitative estimate of drug-likeness (QED) is 0.763. The summed E-state index contributed by atoms with van der Waals surface area (Å²) in [5, 5.41) is 2.56. The van der Waals surface area contributed by atoms with Crippen LogP contribution in [0.2, 0.25) is 0 Å². The number of piperidine rings is 1. The van der Waals surface area contributed by atoms with E-state index in [1.165, 1.54) is 12.1 Å². The van der Waals surface area contributed by atoms with Crippen LogP contribution in [0.1, 0.15) is 24.0 Å². The molecule has 0 atom stereocenters. The van der Waals surface area contributed by atoms with Crippen LogP contribution >= 0.6 is 0 Å². The van der Waals surface area contributed by atoms with Crippen molar-refractivity contribution in [2.75, 3.05) is 25.0 Å². The molecule has 28 heavy (non-hydrogen) atoms. The van der Waals surface area contributed by atoms with Gasteiger partial charge in [-0.1, -0.05) is 36.4 Å². The summed E-state index contributed by atoms with van der Waals surface area (Å²) in [6.45, 7) is 2.32. The number of urea groups is 1. The number of hydrogen-bond acceptors (Lipinski definition) is 2. The zero-order chi connectivity index (χ0) is 20.0. The number of ether oxygens (including phenoxy) is 1. The molecule has 2 aromatic carbocycles.